The van der Waals surface area contributed by atoms with Crippen molar-refractivity contribution in [2.45, 2.75) is 24.3 Å². The van der Waals surface area contributed by atoms with Crippen LogP contribution in [-0.2, 0) is 0 Å². The maximum Gasteiger partial charge on any atom is 0.114 e. The highest BCUT2D eigenvalue weighted by atomic mass is 32.2. The van der Waals surface area contributed by atoms with E-state index in [0.717, 1.165) is 16.5 Å². The molecule has 1 heterocycles. The molecule has 0 aromatic carbocycles. The highest BCUT2D eigenvalue weighted by molar-refractivity contribution is 7.99. The number of thiol groups is 1. The van der Waals surface area contributed by atoms with Gasteiger partial charge in [0.2, 0.25) is 0 Å². The fourth-order valence-corrected chi connectivity index (χ4v) is 1.98. The van der Waals surface area contributed by atoms with Crippen LogP contribution in [0.3, 0.4) is 0 Å². The van der Waals surface area contributed by atoms with Gasteiger partial charge in [-0.05, 0) is 24.3 Å². The zero-order valence-corrected chi connectivity index (χ0v) is 9.23. The van der Waals surface area contributed by atoms with E-state index in [1.807, 2.05) is 6.20 Å². The molecule has 4 heteroatoms. The lowest BCUT2D eigenvalue weighted by Gasteiger charge is -1.98. The Kier molecular flexibility index (Phi) is 6.02. The van der Waals surface area contributed by atoms with Crippen LogP contribution in [0.4, 0.5) is 0 Å². The summed E-state index contributed by atoms with van der Waals surface area (Å²) in [6, 6.07) is 0. The van der Waals surface area contributed by atoms with Crippen molar-refractivity contribution in [3.63, 3.8) is 0 Å². The largest absolute Gasteiger partial charge is 0.260 e. The van der Waals surface area contributed by atoms with Crippen molar-refractivity contribution in [1.82, 2.24) is 9.97 Å². The quantitative estimate of drug-likeness (QED) is 0.448. The van der Waals surface area contributed by atoms with Crippen molar-refractivity contribution in [2.75, 3.05) is 11.5 Å². The molecule has 72 valence electrons. The fraction of sp³-hybridized carbons (Fsp3) is 0.556. The first-order valence-corrected chi connectivity index (χ1v) is 6.05. The third-order valence-corrected chi connectivity index (χ3v) is 2.91. The molecule has 0 fully saturated rings. The molecule has 1 aromatic heterocycles. The summed E-state index contributed by atoms with van der Waals surface area (Å²) < 4.78 is 0. The van der Waals surface area contributed by atoms with E-state index in [0.29, 0.717) is 0 Å². The van der Waals surface area contributed by atoms with Crippen LogP contribution in [0.2, 0.25) is 0 Å². The van der Waals surface area contributed by atoms with Gasteiger partial charge in [-0.25, -0.2) is 4.98 Å². The summed E-state index contributed by atoms with van der Waals surface area (Å²) >= 11 is 5.94. The fourth-order valence-electron chi connectivity index (χ4n) is 0.927. The number of hydrogen-bond donors (Lipinski definition) is 1. The Morgan fingerprint density at radius 3 is 2.85 bits per heavy atom. The van der Waals surface area contributed by atoms with Gasteiger partial charge in [0.1, 0.15) is 5.03 Å². The van der Waals surface area contributed by atoms with E-state index in [4.69, 9.17) is 0 Å². The van der Waals surface area contributed by atoms with Gasteiger partial charge in [-0.1, -0.05) is 6.42 Å². The van der Waals surface area contributed by atoms with E-state index >= 15 is 0 Å². The van der Waals surface area contributed by atoms with Crippen LogP contribution in [0.25, 0.3) is 0 Å². The minimum Gasteiger partial charge on any atom is -0.260 e. The standard InChI is InChI=1S/C9H14N2S2/c12-6-2-1-3-7-13-9-8-10-4-5-11-9/h4-5,8,12H,1-3,6-7H2. The lowest BCUT2D eigenvalue weighted by Crippen LogP contribution is -1.85. The highest BCUT2D eigenvalue weighted by Gasteiger charge is 1.93. The van der Waals surface area contributed by atoms with E-state index in [-0.39, 0.29) is 0 Å². The maximum absolute atomic E-state index is 4.18. The van der Waals surface area contributed by atoms with E-state index < -0.39 is 0 Å². The molecular formula is C9H14N2S2. The van der Waals surface area contributed by atoms with Crippen molar-refractivity contribution in [2.24, 2.45) is 0 Å². The molecular weight excluding hydrogens is 200 g/mol. The van der Waals surface area contributed by atoms with Gasteiger partial charge in [-0.3, -0.25) is 4.98 Å². The Balaban J connectivity index is 2.07. The average Bonchev–Trinajstić information content (AvgIpc) is 2.19. The van der Waals surface area contributed by atoms with Crippen molar-refractivity contribution >= 4 is 24.4 Å². The van der Waals surface area contributed by atoms with E-state index in [1.165, 1.54) is 19.3 Å². The molecule has 0 unspecified atom stereocenters. The summed E-state index contributed by atoms with van der Waals surface area (Å²) in [7, 11) is 0. The van der Waals surface area contributed by atoms with Gasteiger partial charge in [0.15, 0.2) is 0 Å². The van der Waals surface area contributed by atoms with Crippen LogP contribution in [0.1, 0.15) is 19.3 Å². The number of hydrogen-bond acceptors (Lipinski definition) is 4. The Morgan fingerprint density at radius 1 is 1.23 bits per heavy atom. The van der Waals surface area contributed by atoms with Crippen LogP contribution in [-0.4, -0.2) is 21.5 Å². The second kappa shape index (κ2) is 7.21. The monoisotopic (exact) mass is 214 g/mol. The van der Waals surface area contributed by atoms with Gasteiger partial charge in [0, 0.05) is 12.4 Å². The molecule has 0 saturated carbocycles. The predicted molar refractivity (Wildman–Crippen MR) is 60.5 cm³/mol. The molecule has 13 heavy (non-hydrogen) atoms. The van der Waals surface area contributed by atoms with Crippen molar-refractivity contribution in [3.05, 3.63) is 18.6 Å². The van der Waals surface area contributed by atoms with Crippen LogP contribution in [0, 0.1) is 0 Å². The van der Waals surface area contributed by atoms with Crippen LogP contribution in [0.15, 0.2) is 23.6 Å². The van der Waals surface area contributed by atoms with Gasteiger partial charge in [0.25, 0.3) is 0 Å². The van der Waals surface area contributed by atoms with Crippen molar-refractivity contribution in [1.29, 1.82) is 0 Å². The lowest BCUT2D eigenvalue weighted by molar-refractivity contribution is 0.786. The summed E-state index contributed by atoms with van der Waals surface area (Å²) in [6.07, 6.45) is 8.95. The van der Waals surface area contributed by atoms with Crippen molar-refractivity contribution < 1.29 is 0 Å². The zero-order chi connectivity index (χ0) is 9.36. The molecule has 0 radical (unpaired) electrons. The summed E-state index contributed by atoms with van der Waals surface area (Å²) in [6.45, 7) is 0. The van der Waals surface area contributed by atoms with Gasteiger partial charge >= 0.3 is 0 Å². The second-order valence-corrected chi connectivity index (χ2v) is 4.24. The molecule has 2 nitrogen and oxygen atoms in total. The molecule has 1 aromatic rings. The van der Waals surface area contributed by atoms with E-state index in [1.54, 1.807) is 24.2 Å². The molecule has 0 aliphatic rings. The summed E-state index contributed by atoms with van der Waals surface area (Å²) in [5.74, 6) is 2.13. The van der Waals surface area contributed by atoms with Gasteiger partial charge < -0.3 is 0 Å². The molecule has 0 spiro atoms. The maximum atomic E-state index is 4.18. The number of aromatic nitrogens is 2. The van der Waals surface area contributed by atoms with E-state index in [2.05, 4.69) is 22.6 Å². The number of unbranched alkanes of at least 4 members (excludes halogenated alkanes) is 2. The minimum absolute atomic E-state index is 0.996. The predicted octanol–water partition coefficient (Wildman–Crippen LogP) is 2.67. The lowest BCUT2D eigenvalue weighted by atomic mass is 10.3. The first-order chi connectivity index (χ1) is 6.43. The normalized spacial score (nSPS) is 10.2. The molecule has 0 saturated heterocycles. The SMILES string of the molecule is SCCCCCSc1cnccn1. The average molecular weight is 214 g/mol. The second-order valence-electron chi connectivity index (χ2n) is 2.68. The van der Waals surface area contributed by atoms with E-state index in [9.17, 15) is 0 Å². The smallest absolute Gasteiger partial charge is 0.114 e. The Hall–Kier alpha value is -0.220. The summed E-state index contributed by atoms with van der Waals surface area (Å²) in [4.78, 5) is 8.19. The third-order valence-electron chi connectivity index (χ3n) is 1.59. The zero-order valence-electron chi connectivity index (χ0n) is 7.52. The molecule has 0 aliphatic heterocycles. The highest BCUT2D eigenvalue weighted by Crippen LogP contribution is 2.15. The Morgan fingerprint density at radius 2 is 2.15 bits per heavy atom. The Bertz CT molecular complexity index is 216. The topological polar surface area (TPSA) is 25.8 Å². The van der Waals surface area contributed by atoms with Crippen molar-refractivity contribution in [3.8, 4) is 0 Å². The molecule has 0 atom stereocenters. The number of rotatable bonds is 6. The molecule has 1 rings (SSSR count). The minimum atomic E-state index is 0.996. The third kappa shape index (κ3) is 5.16. The molecule has 0 N–H and O–H groups in total. The van der Waals surface area contributed by atoms with Crippen LogP contribution in [0.5, 0.6) is 0 Å². The number of thioether (sulfide) groups is 1. The van der Waals surface area contributed by atoms with Gasteiger partial charge in [-0.15, -0.1) is 11.8 Å². The molecule has 0 aliphatic carbocycles. The summed E-state index contributed by atoms with van der Waals surface area (Å²) in [5, 5.41) is 1.02. The molecule has 0 amide bonds. The first-order valence-electron chi connectivity index (χ1n) is 4.43. The van der Waals surface area contributed by atoms with Gasteiger partial charge in [0.05, 0.1) is 6.20 Å². The van der Waals surface area contributed by atoms with Crippen LogP contribution >= 0.6 is 24.4 Å². The summed E-state index contributed by atoms with van der Waals surface area (Å²) in [5.41, 5.74) is 0. The van der Waals surface area contributed by atoms with Gasteiger partial charge in [-0.2, -0.15) is 12.6 Å². The molecule has 0 bridgehead atoms. The van der Waals surface area contributed by atoms with Crippen LogP contribution < -0.4 is 0 Å². The first kappa shape index (κ1) is 10.9. The number of nitrogens with zero attached hydrogens (tertiary/aromatic N) is 2. The Labute approximate surface area is 89.0 Å².